The third-order valence-corrected chi connectivity index (χ3v) is 3.55. The zero-order valence-corrected chi connectivity index (χ0v) is 11.0. The maximum absolute atomic E-state index is 10.9. The van der Waals surface area contributed by atoms with Gasteiger partial charge in [0, 0.05) is 35.3 Å². The van der Waals surface area contributed by atoms with Crippen LogP contribution < -0.4 is 10.6 Å². The van der Waals surface area contributed by atoms with Gasteiger partial charge >= 0.3 is 0 Å². The summed E-state index contributed by atoms with van der Waals surface area (Å²) in [5, 5.41) is 18.1. The van der Waals surface area contributed by atoms with Gasteiger partial charge < -0.3 is 10.6 Å². The summed E-state index contributed by atoms with van der Waals surface area (Å²) in [5.74, 6) is 0. The highest BCUT2D eigenvalue weighted by Gasteiger charge is 2.28. The number of nitro benzene ring substituents is 1. The van der Waals surface area contributed by atoms with Crippen LogP contribution in [0.15, 0.2) is 18.2 Å². The molecule has 2 rings (SSSR count). The number of rotatable bonds is 4. The van der Waals surface area contributed by atoms with Gasteiger partial charge in [-0.15, -0.1) is 0 Å². The predicted octanol–water partition coefficient (Wildman–Crippen LogP) is 2.09. The van der Waals surface area contributed by atoms with Crippen molar-refractivity contribution in [1.29, 1.82) is 0 Å². The highest BCUT2D eigenvalue weighted by atomic mass is 35.5. The fourth-order valence-corrected chi connectivity index (χ4v) is 2.34. The number of nitrogens with one attached hydrogen (secondary N) is 2. The molecule has 1 aromatic rings. The first-order chi connectivity index (χ1) is 8.50. The zero-order chi connectivity index (χ0) is 13.2. The van der Waals surface area contributed by atoms with Crippen LogP contribution in [0.4, 0.5) is 5.69 Å². The fraction of sp³-hybridized carbons (Fsp3) is 0.500. The first kappa shape index (κ1) is 13.3. The average Bonchev–Trinajstić information content (AvgIpc) is 2.74. The molecule has 6 heteroatoms. The van der Waals surface area contributed by atoms with Crippen molar-refractivity contribution in [3.63, 3.8) is 0 Å². The lowest BCUT2D eigenvalue weighted by Gasteiger charge is -2.24. The standard InChI is InChI=1S/C12H16ClN3O2/c1-12(4-5-14-8-12)15-7-9-6-10(13)2-3-11(9)16(17)18/h2-3,6,14-15H,4-5,7-8H2,1H3. The van der Waals surface area contributed by atoms with Crippen molar-refractivity contribution in [3.8, 4) is 0 Å². The molecule has 1 fully saturated rings. The monoisotopic (exact) mass is 269 g/mol. The molecule has 1 unspecified atom stereocenters. The van der Waals surface area contributed by atoms with E-state index in [9.17, 15) is 10.1 Å². The molecule has 5 nitrogen and oxygen atoms in total. The van der Waals surface area contributed by atoms with Crippen molar-refractivity contribution in [3.05, 3.63) is 38.9 Å². The molecule has 1 aromatic carbocycles. The molecular weight excluding hydrogens is 254 g/mol. The molecule has 18 heavy (non-hydrogen) atoms. The second-order valence-corrected chi connectivity index (χ2v) is 5.31. The van der Waals surface area contributed by atoms with Gasteiger partial charge in [-0.3, -0.25) is 10.1 Å². The molecule has 2 N–H and O–H groups in total. The van der Waals surface area contributed by atoms with Gasteiger partial charge in [-0.1, -0.05) is 11.6 Å². The van der Waals surface area contributed by atoms with Crippen molar-refractivity contribution in [2.24, 2.45) is 0 Å². The summed E-state index contributed by atoms with van der Waals surface area (Å²) in [4.78, 5) is 10.6. The third kappa shape index (κ3) is 2.98. The number of halogens is 1. The number of hydrogen-bond acceptors (Lipinski definition) is 4. The summed E-state index contributed by atoms with van der Waals surface area (Å²) >= 11 is 5.89. The second-order valence-electron chi connectivity index (χ2n) is 4.87. The lowest BCUT2D eigenvalue weighted by Crippen LogP contribution is -2.43. The maximum Gasteiger partial charge on any atom is 0.273 e. The van der Waals surface area contributed by atoms with Crippen LogP contribution in [0, 0.1) is 10.1 Å². The summed E-state index contributed by atoms with van der Waals surface area (Å²) in [7, 11) is 0. The van der Waals surface area contributed by atoms with Crippen LogP contribution in [0.2, 0.25) is 5.02 Å². The first-order valence-electron chi connectivity index (χ1n) is 5.89. The van der Waals surface area contributed by atoms with Crippen molar-refractivity contribution in [1.82, 2.24) is 10.6 Å². The first-order valence-corrected chi connectivity index (χ1v) is 6.27. The third-order valence-electron chi connectivity index (χ3n) is 3.31. The molecule has 0 aliphatic carbocycles. The molecule has 1 aliphatic heterocycles. The molecular formula is C12H16ClN3O2. The van der Waals surface area contributed by atoms with Gasteiger partial charge in [0.15, 0.2) is 0 Å². The predicted molar refractivity (Wildman–Crippen MR) is 70.8 cm³/mol. The second kappa shape index (κ2) is 5.22. The van der Waals surface area contributed by atoms with E-state index < -0.39 is 0 Å². The van der Waals surface area contributed by atoms with Crippen LogP contribution >= 0.6 is 11.6 Å². The maximum atomic E-state index is 10.9. The van der Waals surface area contributed by atoms with Crippen LogP contribution in [0.5, 0.6) is 0 Å². The Balaban J connectivity index is 2.12. The summed E-state index contributed by atoms with van der Waals surface area (Å²) in [6.45, 7) is 4.42. The van der Waals surface area contributed by atoms with E-state index in [1.165, 1.54) is 6.07 Å². The van der Waals surface area contributed by atoms with Gasteiger partial charge in [-0.05, 0) is 32.0 Å². The van der Waals surface area contributed by atoms with Gasteiger partial charge in [0.2, 0.25) is 0 Å². The van der Waals surface area contributed by atoms with Gasteiger partial charge in [-0.25, -0.2) is 0 Å². The Morgan fingerprint density at radius 2 is 2.39 bits per heavy atom. The van der Waals surface area contributed by atoms with E-state index in [1.807, 2.05) is 0 Å². The van der Waals surface area contributed by atoms with Crippen LogP contribution in [-0.2, 0) is 6.54 Å². The van der Waals surface area contributed by atoms with Gasteiger partial charge in [-0.2, -0.15) is 0 Å². The molecule has 0 bridgehead atoms. The van der Waals surface area contributed by atoms with E-state index in [0.717, 1.165) is 19.5 Å². The average molecular weight is 270 g/mol. The van der Waals surface area contributed by atoms with Crippen molar-refractivity contribution in [2.45, 2.75) is 25.4 Å². The number of nitrogens with zero attached hydrogens (tertiary/aromatic N) is 1. The van der Waals surface area contributed by atoms with Gasteiger partial charge in [0.1, 0.15) is 0 Å². The minimum absolute atomic E-state index is 0.00378. The van der Waals surface area contributed by atoms with Crippen LogP contribution in [-0.4, -0.2) is 23.6 Å². The van der Waals surface area contributed by atoms with Crippen molar-refractivity contribution >= 4 is 17.3 Å². The molecule has 0 amide bonds. The molecule has 1 aliphatic rings. The Morgan fingerprint density at radius 1 is 1.61 bits per heavy atom. The summed E-state index contributed by atoms with van der Waals surface area (Å²) in [5.41, 5.74) is 0.734. The van der Waals surface area contributed by atoms with E-state index >= 15 is 0 Å². The number of nitro groups is 1. The van der Waals surface area contributed by atoms with Crippen molar-refractivity contribution < 1.29 is 4.92 Å². The minimum Gasteiger partial charge on any atom is -0.315 e. The Morgan fingerprint density at radius 3 is 3.00 bits per heavy atom. The molecule has 98 valence electrons. The van der Waals surface area contributed by atoms with E-state index in [-0.39, 0.29) is 16.1 Å². The lowest BCUT2D eigenvalue weighted by molar-refractivity contribution is -0.385. The largest absolute Gasteiger partial charge is 0.315 e. The van der Waals surface area contributed by atoms with Crippen LogP contribution in [0.1, 0.15) is 18.9 Å². The van der Waals surface area contributed by atoms with Gasteiger partial charge in [0.05, 0.1) is 4.92 Å². The number of benzene rings is 1. The molecule has 0 radical (unpaired) electrons. The molecule has 0 aromatic heterocycles. The fourth-order valence-electron chi connectivity index (χ4n) is 2.15. The highest BCUT2D eigenvalue weighted by Crippen LogP contribution is 2.24. The van der Waals surface area contributed by atoms with E-state index in [2.05, 4.69) is 17.6 Å². The molecule has 1 heterocycles. The van der Waals surface area contributed by atoms with Crippen LogP contribution in [0.3, 0.4) is 0 Å². The summed E-state index contributed by atoms with van der Waals surface area (Å²) in [6, 6.07) is 4.65. The Labute approximate surface area is 111 Å². The Bertz CT molecular complexity index is 459. The van der Waals surface area contributed by atoms with E-state index in [0.29, 0.717) is 17.1 Å². The Kier molecular flexibility index (Phi) is 3.85. The smallest absolute Gasteiger partial charge is 0.273 e. The topological polar surface area (TPSA) is 67.2 Å². The normalized spacial score (nSPS) is 23.2. The Hall–Kier alpha value is -1.17. The van der Waals surface area contributed by atoms with Gasteiger partial charge in [0.25, 0.3) is 5.69 Å². The quantitative estimate of drug-likeness (QED) is 0.649. The van der Waals surface area contributed by atoms with Crippen LogP contribution in [0.25, 0.3) is 0 Å². The molecule has 0 spiro atoms. The van der Waals surface area contributed by atoms with E-state index in [4.69, 9.17) is 11.6 Å². The molecule has 0 saturated carbocycles. The summed E-state index contributed by atoms with van der Waals surface area (Å²) in [6.07, 6.45) is 1.02. The molecule has 1 atom stereocenters. The number of hydrogen-bond donors (Lipinski definition) is 2. The van der Waals surface area contributed by atoms with Crippen molar-refractivity contribution in [2.75, 3.05) is 13.1 Å². The minimum atomic E-state index is -0.372. The van der Waals surface area contributed by atoms with E-state index in [1.54, 1.807) is 12.1 Å². The lowest BCUT2D eigenvalue weighted by atomic mass is 10.0. The molecule has 1 saturated heterocycles. The highest BCUT2D eigenvalue weighted by molar-refractivity contribution is 6.30. The summed E-state index contributed by atoms with van der Waals surface area (Å²) < 4.78 is 0. The SMILES string of the molecule is CC1(NCc2cc(Cl)ccc2[N+](=O)[O-])CCNC1. The zero-order valence-electron chi connectivity index (χ0n) is 10.2.